The van der Waals surface area contributed by atoms with E-state index in [9.17, 15) is 9.59 Å². The molecule has 1 amide bonds. The van der Waals surface area contributed by atoms with E-state index >= 15 is 0 Å². The Hall–Kier alpha value is -2.33. The molecule has 4 nitrogen and oxygen atoms in total. The molecule has 1 N–H and O–H groups in total. The van der Waals surface area contributed by atoms with E-state index in [4.69, 9.17) is 16.7 Å². The molecule has 0 radical (unpaired) electrons. The molecule has 22 heavy (non-hydrogen) atoms. The lowest BCUT2D eigenvalue weighted by Crippen LogP contribution is -2.35. The minimum Gasteiger partial charge on any atom is -0.478 e. The van der Waals surface area contributed by atoms with E-state index in [1.54, 1.807) is 47.4 Å². The van der Waals surface area contributed by atoms with Crippen LogP contribution in [0.15, 0.2) is 42.5 Å². The first-order valence-corrected chi connectivity index (χ1v) is 7.38. The summed E-state index contributed by atoms with van der Waals surface area (Å²) in [5, 5.41) is 9.55. The lowest BCUT2D eigenvalue weighted by atomic mass is 9.98. The monoisotopic (exact) mass is 315 g/mol. The summed E-state index contributed by atoms with van der Waals surface area (Å²) in [4.78, 5) is 25.5. The molecule has 1 heterocycles. The molecule has 0 aromatic heterocycles. The maximum absolute atomic E-state index is 12.8. The highest BCUT2D eigenvalue weighted by atomic mass is 35.5. The molecule has 3 rings (SSSR count). The van der Waals surface area contributed by atoms with Gasteiger partial charge in [0.25, 0.3) is 5.91 Å². The third-order valence-corrected chi connectivity index (χ3v) is 4.13. The summed E-state index contributed by atoms with van der Waals surface area (Å²) in [5.41, 5.74) is 2.25. The van der Waals surface area contributed by atoms with Gasteiger partial charge in [-0.3, -0.25) is 4.79 Å². The zero-order valence-electron chi connectivity index (χ0n) is 11.8. The van der Waals surface area contributed by atoms with Crippen molar-refractivity contribution in [3.8, 4) is 0 Å². The van der Waals surface area contributed by atoms with Crippen molar-refractivity contribution < 1.29 is 14.7 Å². The first kappa shape index (κ1) is 14.6. The molecule has 5 heteroatoms. The fraction of sp³-hybridized carbons (Fsp3) is 0.176. The molecular formula is C17H14ClNO3. The van der Waals surface area contributed by atoms with Crippen LogP contribution in [-0.2, 0) is 6.42 Å². The van der Waals surface area contributed by atoms with Gasteiger partial charge in [-0.15, -0.1) is 0 Å². The largest absolute Gasteiger partial charge is 0.478 e. The SMILES string of the molecule is O=C(O)c1ccc2c(c1)N(C(=O)c1ccccc1Cl)CCC2. The van der Waals surface area contributed by atoms with Gasteiger partial charge in [0.15, 0.2) is 0 Å². The number of hydrogen-bond donors (Lipinski definition) is 1. The van der Waals surface area contributed by atoms with Gasteiger partial charge in [-0.1, -0.05) is 29.8 Å². The molecule has 1 aliphatic heterocycles. The van der Waals surface area contributed by atoms with Crippen LogP contribution >= 0.6 is 11.6 Å². The highest BCUT2D eigenvalue weighted by Crippen LogP contribution is 2.30. The lowest BCUT2D eigenvalue weighted by molar-refractivity contribution is 0.0696. The number of aromatic carboxylic acids is 1. The van der Waals surface area contributed by atoms with E-state index in [0.29, 0.717) is 22.8 Å². The van der Waals surface area contributed by atoms with Crippen molar-refractivity contribution in [2.24, 2.45) is 0 Å². The predicted octanol–water partition coefficient (Wildman–Crippen LogP) is 3.63. The van der Waals surface area contributed by atoms with Crippen LogP contribution in [0.4, 0.5) is 5.69 Å². The van der Waals surface area contributed by atoms with E-state index in [-0.39, 0.29) is 11.5 Å². The number of carbonyl (C=O) groups is 2. The zero-order valence-corrected chi connectivity index (χ0v) is 12.5. The Labute approximate surface area is 132 Å². The first-order chi connectivity index (χ1) is 10.6. The number of amides is 1. The van der Waals surface area contributed by atoms with Crippen LogP contribution in [0.25, 0.3) is 0 Å². The van der Waals surface area contributed by atoms with Crippen LogP contribution in [-0.4, -0.2) is 23.5 Å². The molecule has 0 atom stereocenters. The lowest BCUT2D eigenvalue weighted by Gasteiger charge is -2.30. The Bertz CT molecular complexity index is 757. The quantitative estimate of drug-likeness (QED) is 0.920. The maximum atomic E-state index is 12.8. The summed E-state index contributed by atoms with van der Waals surface area (Å²) in [6.45, 7) is 0.556. The number of carboxylic acids is 1. The molecule has 112 valence electrons. The van der Waals surface area contributed by atoms with Crippen LogP contribution in [0.1, 0.15) is 32.7 Å². The molecule has 2 aromatic rings. The van der Waals surface area contributed by atoms with Gasteiger partial charge in [0, 0.05) is 12.2 Å². The van der Waals surface area contributed by atoms with Crippen LogP contribution < -0.4 is 4.90 Å². The number of anilines is 1. The van der Waals surface area contributed by atoms with Crippen molar-refractivity contribution in [2.45, 2.75) is 12.8 Å². The fourth-order valence-corrected chi connectivity index (χ4v) is 2.92. The second-order valence-corrected chi connectivity index (χ2v) is 5.60. The highest BCUT2D eigenvalue weighted by Gasteiger charge is 2.25. The molecule has 0 saturated carbocycles. The summed E-state index contributed by atoms with van der Waals surface area (Å²) in [6.07, 6.45) is 1.68. The van der Waals surface area contributed by atoms with Gasteiger partial charge in [0.05, 0.1) is 16.1 Å². The molecule has 0 unspecified atom stereocenters. The summed E-state index contributed by atoms with van der Waals surface area (Å²) in [7, 11) is 0. The summed E-state index contributed by atoms with van der Waals surface area (Å²) in [6, 6.07) is 11.8. The van der Waals surface area contributed by atoms with E-state index in [1.165, 1.54) is 0 Å². The topological polar surface area (TPSA) is 57.6 Å². The van der Waals surface area contributed by atoms with Crippen molar-refractivity contribution in [3.63, 3.8) is 0 Å². The number of benzene rings is 2. The molecule has 2 aromatic carbocycles. The number of fused-ring (bicyclic) bond motifs is 1. The molecular weight excluding hydrogens is 302 g/mol. The molecule has 0 fully saturated rings. The van der Waals surface area contributed by atoms with E-state index in [1.807, 2.05) is 0 Å². The standard InChI is InChI=1S/C17H14ClNO3/c18-14-6-2-1-5-13(14)16(20)19-9-3-4-11-7-8-12(17(21)22)10-15(11)19/h1-2,5-8,10H,3-4,9H2,(H,21,22). The van der Waals surface area contributed by atoms with Crippen LogP contribution in [0.3, 0.4) is 0 Å². The van der Waals surface area contributed by atoms with Crippen LogP contribution in [0.2, 0.25) is 5.02 Å². The van der Waals surface area contributed by atoms with Crippen molar-refractivity contribution in [1.82, 2.24) is 0 Å². The zero-order chi connectivity index (χ0) is 15.7. The number of carbonyl (C=O) groups excluding carboxylic acids is 1. The average Bonchev–Trinajstić information content (AvgIpc) is 2.53. The van der Waals surface area contributed by atoms with Gasteiger partial charge in [-0.2, -0.15) is 0 Å². The molecule has 1 aliphatic rings. The summed E-state index contributed by atoms with van der Waals surface area (Å²) < 4.78 is 0. The van der Waals surface area contributed by atoms with Gasteiger partial charge >= 0.3 is 5.97 Å². The number of hydrogen-bond acceptors (Lipinski definition) is 2. The Morgan fingerprint density at radius 2 is 1.91 bits per heavy atom. The highest BCUT2D eigenvalue weighted by molar-refractivity contribution is 6.34. The minimum atomic E-state index is -1.00. The number of halogens is 1. The molecule has 0 aliphatic carbocycles. The Kier molecular flexibility index (Phi) is 3.86. The number of carboxylic acid groups (broad SMARTS) is 1. The number of aryl methyl sites for hydroxylation is 1. The second kappa shape index (κ2) is 5.81. The van der Waals surface area contributed by atoms with Crippen molar-refractivity contribution in [1.29, 1.82) is 0 Å². The van der Waals surface area contributed by atoms with Gasteiger partial charge in [0.1, 0.15) is 0 Å². The van der Waals surface area contributed by atoms with Gasteiger partial charge in [0.2, 0.25) is 0 Å². The average molecular weight is 316 g/mol. The van der Waals surface area contributed by atoms with Crippen molar-refractivity contribution >= 4 is 29.2 Å². The number of rotatable bonds is 2. The Balaban J connectivity index is 2.04. The second-order valence-electron chi connectivity index (χ2n) is 5.19. The molecule has 0 spiro atoms. The Morgan fingerprint density at radius 3 is 2.64 bits per heavy atom. The predicted molar refractivity (Wildman–Crippen MR) is 84.9 cm³/mol. The van der Waals surface area contributed by atoms with Gasteiger partial charge < -0.3 is 10.0 Å². The third-order valence-electron chi connectivity index (χ3n) is 3.80. The van der Waals surface area contributed by atoms with Crippen molar-refractivity contribution in [2.75, 3.05) is 11.4 Å². The summed E-state index contributed by atoms with van der Waals surface area (Å²) >= 11 is 6.11. The van der Waals surface area contributed by atoms with E-state index in [2.05, 4.69) is 0 Å². The van der Waals surface area contributed by atoms with E-state index < -0.39 is 5.97 Å². The maximum Gasteiger partial charge on any atom is 0.335 e. The van der Waals surface area contributed by atoms with Gasteiger partial charge in [-0.05, 0) is 42.7 Å². The first-order valence-electron chi connectivity index (χ1n) is 7.00. The van der Waals surface area contributed by atoms with Crippen LogP contribution in [0.5, 0.6) is 0 Å². The smallest absolute Gasteiger partial charge is 0.335 e. The Morgan fingerprint density at radius 1 is 1.14 bits per heavy atom. The molecule has 0 bridgehead atoms. The molecule has 0 saturated heterocycles. The third kappa shape index (κ3) is 2.57. The van der Waals surface area contributed by atoms with Crippen LogP contribution in [0, 0.1) is 0 Å². The van der Waals surface area contributed by atoms with Gasteiger partial charge in [-0.25, -0.2) is 4.79 Å². The summed E-state index contributed by atoms with van der Waals surface area (Å²) in [5.74, 6) is -1.20. The number of nitrogens with zero attached hydrogens (tertiary/aromatic N) is 1. The minimum absolute atomic E-state index is 0.178. The van der Waals surface area contributed by atoms with Crippen molar-refractivity contribution in [3.05, 3.63) is 64.2 Å². The normalized spacial score (nSPS) is 13.6. The van der Waals surface area contributed by atoms with E-state index in [0.717, 1.165) is 18.4 Å². The fourth-order valence-electron chi connectivity index (χ4n) is 2.70.